The van der Waals surface area contributed by atoms with Crippen molar-refractivity contribution in [1.29, 1.82) is 0 Å². The molecule has 39 heavy (non-hydrogen) atoms. The van der Waals surface area contributed by atoms with E-state index in [4.69, 9.17) is 9.97 Å². The number of piperazine rings is 2. The SMILES string of the molecule is Cc1ccccc1NNC(=O)N1CCN(c2nc(N3CCN(c4ccccc4)CC3)c3ccccc3n2)CC1. The van der Waals surface area contributed by atoms with Gasteiger partial charge in [-0.1, -0.05) is 48.5 Å². The molecule has 9 heteroatoms. The molecular weight excluding hydrogens is 488 g/mol. The second-order valence-electron chi connectivity index (χ2n) is 10.0. The monoisotopic (exact) mass is 522 g/mol. The van der Waals surface area contributed by atoms with Gasteiger partial charge in [0.25, 0.3) is 0 Å². The van der Waals surface area contributed by atoms with Crippen molar-refractivity contribution in [1.82, 2.24) is 20.3 Å². The number of carbonyl (C=O) groups excluding carboxylic acids is 1. The highest BCUT2D eigenvalue weighted by atomic mass is 16.2. The van der Waals surface area contributed by atoms with Crippen LogP contribution in [0.2, 0.25) is 0 Å². The fourth-order valence-electron chi connectivity index (χ4n) is 5.27. The Morgan fingerprint density at radius 1 is 0.692 bits per heavy atom. The molecule has 0 spiro atoms. The average molecular weight is 523 g/mol. The molecule has 2 amide bonds. The Bertz CT molecular complexity index is 1430. The predicted octanol–water partition coefficient (Wildman–Crippen LogP) is 4.12. The molecule has 2 saturated heterocycles. The zero-order valence-electron chi connectivity index (χ0n) is 22.3. The number of nitrogens with one attached hydrogen (secondary N) is 2. The van der Waals surface area contributed by atoms with Crippen LogP contribution in [-0.4, -0.2) is 73.3 Å². The highest BCUT2D eigenvalue weighted by Crippen LogP contribution is 2.28. The average Bonchev–Trinajstić information content (AvgIpc) is 3.00. The molecule has 0 saturated carbocycles. The number of benzene rings is 3. The summed E-state index contributed by atoms with van der Waals surface area (Å²) >= 11 is 0. The Morgan fingerprint density at radius 3 is 2.10 bits per heavy atom. The van der Waals surface area contributed by atoms with E-state index in [0.29, 0.717) is 26.2 Å². The van der Waals surface area contributed by atoms with Crippen LogP contribution in [0, 0.1) is 6.92 Å². The van der Waals surface area contributed by atoms with Gasteiger partial charge in [-0.05, 0) is 42.8 Å². The number of hydrogen-bond acceptors (Lipinski definition) is 7. The molecule has 2 N–H and O–H groups in total. The van der Waals surface area contributed by atoms with Crippen molar-refractivity contribution in [2.45, 2.75) is 6.92 Å². The van der Waals surface area contributed by atoms with Gasteiger partial charge in [0.05, 0.1) is 11.2 Å². The number of hydrazine groups is 1. The molecule has 0 radical (unpaired) electrons. The quantitative estimate of drug-likeness (QED) is 0.382. The molecule has 2 aliphatic rings. The maximum absolute atomic E-state index is 12.8. The molecule has 0 unspecified atom stereocenters. The molecule has 4 aromatic rings. The van der Waals surface area contributed by atoms with Crippen LogP contribution in [0.15, 0.2) is 78.9 Å². The number of para-hydroxylation sites is 3. The smallest absolute Gasteiger partial charge is 0.336 e. The Morgan fingerprint density at radius 2 is 1.33 bits per heavy atom. The van der Waals surface area contributed by atoms with Crippen LogP contribution in [0.1, 0.15) is 5.56 Å². The fourth-order valence-corrected chi connectivity index (χ4v) is 5.27. The largest absolute Gasteiger partial charge is 0.368 e. The minimum Gasteiger partial charge on any atom is -0.368 e. The standard InChI is InChI=1S/C30H34N8O/c1-23-9-5-7-13-26(23)33-34-30(39)38-21-19-37(20-22-38)29-31-27-14-8-6-12-25(27)28(32-29)36-17-15-35(16-18-36)24-10-3-2-4-11-24/h2-14,33H,15-22H2,1H3,(H,34,39). The molecule has 2 aliphatic heterocycles. The molecule has 3 heterocycles. The van der Waals surface area contributed by atoms with E-state index in [0.717, 1.165) is 60.1 Å². The first-order valence-corrected chi connectivity index (χ1v) is 13.6. The number of aryl methyl sites for hydroxylation is 1. The van der Waals surface area contributed by atoms with Gasteiger partial charge in [-0.15, -0.1) is 0 Å². The van der Waals surface area contributed by atoms with E-state index in [9.17, 15) is 4.79 Å². The molecule has 3 aromatic carbocycles. The predicted molar refractivity (Wildman–Crippen MR) is 158 cm³/mol. The number of rotatable bonds is 5. The van der Waals surface area contributed by atoms with E-state index in [1.54, 1.807) is 0 Å². The summed E-state index contributed by atoms with van der Waals surface area (Å²) in [5, 5.41) is 1.08. The number of aromatic nitrogens is 2. The first kappa shape index (κ1) is 24.8. The van der Waals surface area contributed by atoms with E-state index in [2.05, 4.69) is 74.1 Å². The Kier molecular flexibility index (Phi) is 7.03. The topological polar surface area (TPSA) is 79.9 Å². The molecule has 9 nitrogen and oxygen atoms in total. The van der Waals surface area contributed by atoms with Crippen LogP contribution in [0.5, 0.6) is 0 Å². The van der Waals surface area contributed by atoms with Crippen molar-refractivity contribution in [3.05, 3.63) is 84.4 Å². The molecule has 1 aromatic heterocycles. The summed E-state index contributed by atoms with van der Waals surface area (Å²) in [5.74, 6) is 1.72. The third-order valence-corrected chi connectivity index (χ3v) is 7.57. The van der Waals surface area contributed by atoms with Crippen molar-refractivity contribution in [3.63, 3.8) is 0 Å². The highest BCUT2D eigenvalue weighted by molar-refractivity contribution is 5.90. The van der Waals surface area contributed by atoms with E-state index in [-0.39, 0.29) is 6.03 Å². The van der Waals surface area contributed by atoms with Gasteiger partial charge >= 0.3 is 6.03 Å². The zero-order valence-corrected chi connectivity index (χ0v) is 22.3. The molecule has 6 rings (SSSR count). The van der Waals surface area contributed by atoms with E-state index in [1.807, 2.05) is 42.2 Å². The van der Waals surface area contributed by atoms with Gasteiger partial charge in [-0.25, -0.2) is 9.78 Å². The van der Waals surface area contributed by atoms with Gasteiger partial charge in [-0.2, -0.15) is 4.98 Å². The van der Waals surface area contributed by atoms with Crippen LogP contribution in [0.25, 0.3) is 10.9 Å². The van der Waals surface area contributed by atoms with Gasteiger partial charge in [0.15, 0.2) is 0 Å². The van der Waals surface area contributed by atoms with Gasteiger partial charge in [0.2, 0.25) is 5.95 Å². The molecule has 0 bridgehead atoms. The van der Waals surface area contributed by atoms with Gasteiger partial charge < -0.3 is 19.6 Å². The normalized spacial score (nSPS) is 15.9. The van der Waals surface area contributed by atoms with Gasteiger partial charge in [0, 0.05) is 63.4 Å². The van der Waals surface area contributed by atoms with Crippen LogP contribution < -0.4 is 25.6 Å². The maximum Gasteiger partial charge on any atom is 0.336 e. The number of anilines is 4. The number of amides is 2. The molecule has 0 atom stereocenters. The van der Waals surface area contributed by atoms with Crippen LogP contribution >= 0.6 is 0 Å². The Hall–Kier alpha value is -4.53. The maximum atomic E-state index is 12.8. The van der Waals surface area contributed by atoms with Gasteiger partial charge in [0.1, 0.15) is 5.82 Å². The Labute approximate surface area is 229 Å². The lowest BCUT2D eigenvalue weighted by atomic mass is 10.2. The summed E-state index contributed by atoms with van der Waals surface area (Å²) in [6, 6.07) is 26.6. The van der Waals surface area contributed by atoms with E-state index in [1.165, 1.54) is 5.69 Å². The van der Waals surface area contributed by atoms with Crippen LogP contribution in [0.4, 0.5) is 27.9 Å². The van der Waals surface area contributed by atoms with Crippen molar-refractivity contribution in [3.8, 4) is 0 Å². The second kappa shape index (κ2) is 11.1. The van der Waals surface area contributed by atoms with Crippen molar-refractivity contribution in [2.75, 3.05) is 72.5 Å². The van der Waals surface area contributed by atoms with Gasteiger partial charge in [-0.3, -0.25) is 10.9 Å². The van der Waals surface area contributed by atoms with E-state index < -0.39 is 0 Å². The number of nitrogens with zero attached hydrogens (tertiary/aromatic N) is 6. The summed E-state index contributed by atoms with van der Waals surface area (Å²) < 4.78 is 0. The first-order chi connectivity index (χ1) is 19.2. The summed E-state index contributed by atoms with van der Waals surface area (Å²) in [5.41, 5.74) is 10.1. The zero-order chi connectivity index (χ0) is 26.6. The summed E-state index contributed by atoms with van der Waals surface area (Å²) in [6.45, 7) is 8.26. The molecule has 0 aliphatic carbocycles. The number of carbonyl (C=O) groups is 1. The Balaban J connectivity index is 1.13. The van der Waals surface area contributed by atoms with E-state index >= 15 is 0 Å². The van der Waals surface area contributed by atoms with Crippen LogP contribution in [0.3, 0.4) is 0 Å². The van der Waals surface area contributed by atoms with Crippen molar-refractivity contribution >= 4 is 40.1 Å². The third kappa shape index (κ3) is 5.38. The second-order valence-corrected chi connectivity index (χ2v) is 10.0. The number of urea groups is 1. The fraction of sp³-hybridized carbons (Fsp3) is 0.300. The molecule has 2 fully saturated rings. The van der Waals surface area contributed by atoms with Crippen LogP contribution in [-0.2, 0) is 0 Å². The third-order valence-electron chi connectivity index (χ3n) is 7.57. The lowest BCUT2D eigenvalue weighted by Crippen LogP contribution is -2.53. The molecular formula is C30H34N8O. The van der Waals surface area contributed by atoms with Crippen molar-refractivity contribution < 1.29 is 4.79 Å². The summed E-state index contributed by atoms with van der Waals surface area (Å²) in [6.07, 6.45) is 0. The summed E-state index contributed by atoms with van der Waals surface area (Å²) in [7, 11) is 0. The lowest BCUT2D eigenvalue weighted by Gasteiger charge is -2.38. The minimum absolute atomic E-state index is 0.130. The number of fused-ring (bicyclic) bond motifs is 1. The summed E-state index contributed by atoms with van der Waals surface area (Å²) in [4.78, 5) is 31.6. The first-order valence-electron chi connectivity index (χ1n) is 13.6. The number of hydrogen-bond donors (Lipinski definition) is 2. The molecule has 200 valence electrons. The highest BCUT2D eigenvalue weighted by Gasteiger charge is 2.26. The lowest BCUT2D eigenvalue weighted by molar-refractivity contribution is 0.196. The minimum atomic E-state index is -0.130. The van der Waals surface area contributed by atoms with Crippen molar-refractivity contribution in [2.24, 2.45) is 0 Å².